The number of hydrogen-bond donors (Lipinski definition) is 2. The second-order valence-corrected chi connectivity index (χ2v) is 8.99. The maximum Gasteiger partial charge on any atom is 0.272 e. The van der Waals surface area contributed by atoms with Gasteiger partial charge >= 0.3 is 0 Å². The molecule has 4 aromatic rings. The van der Waals surface area contributed by atoms with Gasteiger partial charge in [0.1, 0.15) is 22.9 Å². The Morgan fingerprint density at radius 3 is 2.10 bits per heavy atom. The summed E-state index contributed by atoms with van der Waals surface area (Å²) in [6, 6.07) is 27.5. The van der Waals surface area contributed by atoms with Crippen molar-refractivity contribution < 1.29 is 28.6 Å². The third kappa shape index (κ3) is 7.73. The van der Waals surface area contributed by atoms with Gasteiger partial charge in [0, 0.05) is 28.4 Å². The van der Waals surface area contributed by atoms with E-state index < -0.39 is 11.8 Å². The van der Waals surface area contributed by atoms with Crippen molar-refractivity contribution in [3.63, 3.8) is 0 Å². The largest absolute Gasteiger partial charge is 0.497 e. The summed E-state index contributed by atoms with van der Waals surface area (Å²) in [5.41, 5.74) is 2.66. The van der Waals surface area contributed by atoms with Gasteiger partial charge in [0.2, 0.25) is 0 Å². The van der Waals surface area contributed by atoms with Crippen molar-refractivity contribution in [1.82, 2.24) is 5.32 Å². The number of carbonyl (C=O) groups excluding carboxylic acids is 3. The topological polar surface area (TPSA) is 103 Å². The number of allylic oxidation sites excluding steroid dienone is 1. The molecule has 212 valence electrons. The van der Waals surface area contributed by atoms with Crippen LogP contribution in [0.5, 0.6) is 17.2 Å². The van der Waals surface area contributed by atoms with Gasteiger partial charge in [-0.25, -0.2) is 0 Å². The summed E-state index contributed by atoms with van der Waals surface area (Å²) in [4.78, 5) is 39.0. The van der Waals surface area contributed by atoms with Crippen molar-refractivity contribution in [1.29, 1.82) is 0 Å². The highest BCUT2D eigenvalue weighted by atomic mass is 16.5. The molecule has 0 heterocycles. The van der Waals surface area contributed by atoms with Gasteiger partial charge in [0.25, 0.3) is 11.8 Å². The number of nitrogens with one attached hydrogen (secondary N) is 2. The summed E-state index contributed by atoms with van der Waals surface area (Å²) in [7, 11) is 4.63. The molecule has 2 N–H and O–H groups in total. The zero-order valence-corrected chi connectivity index (χ0v) is 23.4. The molecule has 0 radical (unpaired) electrons. The predicted molar refractivity (Wildman–Crippen MR) is 163 cm³/mol. The third-order valence-electron chi connectivity index (χ3n) is 6.22. The van der Waals surface area contributed by atoms with E-state index in [0.29, 0.717) is 39.6 Å². The van der Waals surface area contributed by atoms with Crippen LogP contribution in [0, 0.1) is 0 Å². The Balaban J connectivity index is 1.53. The molecular formula is C34H30N2O6. The van der Waals surface area contributed by atoms with Gasteiger partial charge < -0.3 is 24.8 Å². The quantitative estimate of drug-likeness (QED) is 0.171. The average molecular weight is 563 g/mol. The zero-order valence-electron chi connectivity index (χ0n) is 23.4. The highest BCUT2D eigenvalue weighted by Gasteiger charge is 2.17. The van der Waals surface area contributed by atoms with Crippen molar-refractivity contribution in [2.45, 2.75) is 0 Å². The number of benzene rings is 4. The first kappa shape index (κ1) is 29.4. The molecule has 8 heteroatoms. The molecule has 0 unspecified atom stereocenters. The van der Waals surface area contributed by atoms with E-state index in [-0.39, 0.29) is 11.5 Å². The summed E-state index contributed by atoms with van der Waals surface area (Å²) in [5, 5.41) is 5.49. The van der Waals surface area contributed by atoms with E-state index in [1.54, 1.807) is 93.1 Å². The summed E-state index contributed by atoms with van der Waals surface area (Å²) in [6.07, 6.45) is 4.71. The number of methoxy groups -OCH3 is 3. The summed E-state index contributed by atoms with van der Waals surface area (Å²) in [6.45, 7) is 0. The van der Waals surface area contributed by atoms with Gasteiger partial charge in [0.15, 0.2) is 5.78 Å². The molecule has 8 nitrogen and oxygen atoms in total. The molecule has 0 fully saturated rings. The Morgan fingerprint density at radius 2 is 1.40 bits per heavy atom. The number of anilines is 1. The van der Waals surface area contributed by atoms with Crippen LogP contribution in [0.15, 0.2) is 109 Å². The standard InChI is InChI=1S/C34H30N2O6/c1-40-28-11-7-8-23(20-28)12-19-31(37)24-13-16-27(17-14-24)35-34(39)30(36-33(38)25-9-5-4-6-10-25)21-26-15-18-29(41-2)22-32(26)42-3/h4-22H,1-3H3,(H,35,39)(H,36,38)/b19-12+,30-21-. The normalized spacial score (nSPS) is 11.1. The molecule has 0 saturated carbocycles. The van der Waals surface area contributed by atoms with Crippen LogP contribution < -0.4 is 24.8 Å². The number of carbonyl (C=O) groups is 3. The fraction of sp³-hybridized carbons (Fsp3) is 0.0882. The SMILES string of the molecule is COc1cccc(/C=C/C(=O)c2ccc(NC(=O)/C(=C/c3ccc(OC)cc3OC)NC(=O)c3ccccc3)cc2)c1. The van der Waals surface area contributed by atoms with Crippen molar-refractivity contribution in [3.05, 3.63) is 131 Å². The molecule has 0 saturated heterocycles. The minimum Gasteiger partial charge on any atom is -0.497 e. The van der Waals surface area contributed by atoms with E-state index in [4.69, 9.17) is 14.2 Å². The van der Waals surface area contributed by atoms with E-state index in [1.165, 1.54) is 19.3 Å². The van der Waals surface area contributed by atoms with Crippen molar-refractivity contribution in [3.8, 4) is 17.2 Å². The Bertz CT molecular complexity index is 1630. The van der Waals surface area contributed by atoms with E-state index in [2.05, 4.69) is 10.6 Å². The molecule has 0 aliphatic rings. The maximum atomic E-state index is 13.4. The van der Waals surface area contributed by atoms with Gasteiger partial charge in [-0.3, -0.25) is 14.4 Å². The monoisotopic (exact) mass is 562 g/mol. The maximum absolute atomic E-state index is 13.4. The lowest BCUT2D eigenvalue weighted by atomic mass is 10.1. The van der Waals surface area contributed by atoms with Crippen LogP contribution in [0.3, 0.4) is 0 Å². The van der Waals surface area contributed by atoms with Crippen LogP contribution in [0.4, 0.5) is 5.69 Å². The molecule has 0 aromatic heterocycles. The molecular weight excluding hydrogens is 532 g/mol. The van der Waals surface area contributed by atoms with E-state index in [1.807, 2.05) is 24.3 Å². The Hall–Kier alpha value is -5.63. The molecule has 0 aliphatic carbocycles. The number of rotatable bonds is 11. The van der Waals surface area contributed by atoms with Crippen LogP contribution in [-0.2, 0) is 4.79 Å². The minimum absolute atomic E-state index is 0.00584. The minimum atomic E-state index is -0.561. The van der Waals surface area contributed by atoms with E-state index in [0.717, 1.165) is 5.56 Å². The summed E-state index contributed by atoms with van der Waals surface area (Å²) >= 11 is 0. The third-order valence-corrected chi connectivity index (χ3v) is 6.22. The van der Waals surface area contributed by atoms with Crippen LogP contribution in [-0.4, -0.2) is 38.9 Å². The summed E-state index contributed by atoms with van der Waals surface area (Å²) in [5.74, 6) is 0.527. The first-order valence-electron chi connectivity index (χ1n) is 13.0. The smallest absolute Gasteiger partial charge is 0.272 e. The Kier molecular flexibility index (Phi) is 9.88. The molecule has 2 amide bonds. The van der Waals surface area contributed by atoms with Crippen molar-refractivity contribution >= 4 is 35.4 Å². The first-order chi connectivity index (χ1) is 20.4. The second-order valence-electron chi connectivity index (χ2n) is 8.99. The van der Waals surface area contributed by atoms with Crippen LogP contribution in [0.25, 0.3) is 12.2 Å². The van der Waals surface area contributed by atoms with E-state index in [9.17, 15) is 14.4 Å². The van der Waals surface area contributed by atoms with Crippen LogP contribution in [0.1, 0.15) is 31.8 Å². The van der Waals surface area contributed by atoms with Gasteiger partial charge in [0.05, 0.1) is 21.3 Å². The molecule has 4 aromatic carbocycles. The molecule has 4 rings (SSSR count). The number of ketones is 1. The number of ether oxygens (including phenoxy) is 3. The highest BCUT2D eigenvalue weighted by molar-refractivity contribution is 6.11. The zero-order chi connectivity index (χ0) is 29.9. The van der Waals surface area contributed by atoms with Crippen molar-refractivity contribution in [2.75, 3.05) is 26.6 Å². The molecule has 42 heavy (non-hydrogen) atoms. The van der Waals surface area contributed by atoms with Gasteiger partial charge in [-0.1, -0.05) is 36.4 Å². The van der Waals surface area contributed by atoms with Crippen LogP contribution >= 0.6 is 0 Å². The van der Waals surface area contributed by atoms with Gasteiger partial charge in [-0.15, -0.1) is 0 Å². The number of hydrogen-bond acceptors (Lipinski definition) is 6. The lowest BCUT2D eigenvalue weighted by Gasteiger charge is -2.13. The molecule has 0 bridgehead atoms. The highest BCUT2D eigenvalue weighted by Crippen LogP contribution is 2.26. The fourth-order valence-corrected chi connectivity index (χ4v) is 3.97. The van der Waals surface area contributed by atoms with Gasteiger partial charge in [-0.2, -0.15) is 0 Å². The first-order valence-corrected chi connectivity index (χ1v) is 13.0. The van der Waals surface area contributed by atoms with E-state index >= 15 is 0 Å². The molecule has 0 spiro atoms. The molecule has 0 atom stereocenters. The van der Waals surface area contributed by atoms with Crippen molar-refractivity contribution in [2.24, 2.45) is 0 Å². The lowest BCUT2D eigenvalue weighted by molar-refractivity contribution is -0.113. The lowest BCUT2D eigenvalue weighted by Crippen LogP contribution is -2.30. The second kappa shape index (κ2) is 14.1. The molecule has 0 aliphatic heterocycles. The summed E-state index contributed by atoms with van der Waals surface area (Å²) < 4.78 is 15.9. The average Bonchev–Trinajstić information content (AvgIpc) is 3.04. The predicted octanol–water partition coefficient (Wildman–Crippen LogP) is 6.02. The number of amides is 2. The fourth-order valence-electron chi connectivity index (χ4n) is 3.97. The van der Waals surface area contributed by atoms with Gasteiger partial charge in [-0.05, 0) is 78.4 Å². The Morgan fingerprint density at radius 1 is 0.690 bits per heavy atom. The van der Waals surface area contributed by atoms with Crippen LogP contribution in [0.2, 0.25) is 0 Å². The Labute approximate surface area is 244 Å².